The van der Waals surface area contributed by atoms with Crippen LogP contribution in [0.4, 0.5) is 4.39 Å². The summed E-state index contributed by atoms with van der Waals surface area (Å²) in [7, 11) is 1.33. The van der Waals surface area contributed by atoms with E-state index in [1.807, 2.05) is 19.9 Å². The van der Waals surface area contributed by atoms with Crippen LogP contribution in [-0.4, -0.2) is 13.1 Å². The van der Waals surface area contributed by atoms with Crippen LogP contribution in [0.15, 0.2) is 23.6 Å². The summed E-state index contributed by atoms with van der Waals surface area (Å²) in [4.78, 5) is 11.8. The highest BCUT2D eigenvalue weighted by Crippen LogP contribution is 2.24. The van der Waals surface area contributed by atoms with Crippen LogP contribution in [0, 0.1) is 19.7 Å². The second-order valence-electron chi connectivity index (χ2n) is 4.47. The molecule has 2 rings (SSSR count). The number of methoxy groups -OCH3 is 1. The van der Waals surface area contributed by atoms with Crippen LogP contribution in [0.3, 0.4) is 0 Å². The van der Waals surface area contributed by atoms with Crippen LogP contribution in [0.5, 0.6) is 5.75 Å². The Kier molecular flexibility index (Phi) is 4.39. The topological polar surface area (TPSA) is 35.5 Å². The van der Waals surface area contributed by atoms with Gasteiger partial charge in [0.05, 0.1) is 7.11 Å². The van der Waals surface area contributed by atoms with Crippen molar-refractivity contribution in [2.24, 2.45) is 0 Å². The first-order valence-electron chi connectivity index (χ1n) is 6.06. The third-order valence-corrected chi connectivity index (χ3v) is 3.80. The van der Waals surface area contributed by atoms with Gasteiger partial charge in [0.25, 0.3) is 0 Å². The highest BCUT2D eigenvalue weighted by Gasteiger charge is 2.11. The summed E-state index contributed by atoms with van der Waals surface area (Å²) < 4.78 is 24.0. The second kappa shape index (κ2) is 6.05. The number of hydrogen-bond acceptors (Lipinski definition) is 4. The van der Waals surface area contributed by atoms with E-state index >= 15 is 0 Å². The minimum Gasteiger partial charge on any atom is -0.488 e. The van der Waals surface area contributed by atoms with Gasteiger partial charge < -0.3 is 9.47 Å². The molecule has 0 unspecified atom stereocenters. The Labute approximate surface area is 121 Å². The van der Waals surface area contributed by atoms with E-state index in [9.17, 15) is 9.18 Å². The van der Waals surface area contributed by atoms with Crippen molar-refractivity contribution in [3.05, 3.63) is 51.0 Å². The molecule has 0 aliphatic rings. The fraction of sp³-hybridized carbons (Fsp3) is 0.267. The highest BCUT2D eigenvalue weighted by molar-refractivity contribution is 7.12. The number of thiophene rings is 1. The average molecular weight is 294 g/mol. The summed E-state index contributed by atoms with van der Waals surface area (Å²) in [5.41, 5.74) is 2.26. The molecule has 2 aromatic rings. The molecule has 5 heteroatoms. The van der Waals surface area contributed by atoms with E-state index < -0.39 is 5.97 Å². The molecule has 0 N–H and O–H groups in total. The molecule has 0 radical (unpaired) electrons. The maximum atomic E-state index is 13.9. The number of benzene rings is 1. The van der Waals surface area contributed by atoms with Crippen LogP contribution in [0.2, 0.25) is 0 Å². The first kappa shape index (κ1) is 14.5. The molecule has 0 saturated carbocycles. The fourth-order valence-electron chi connectivity index (χ4n) is 1.89. The molecule has 0 spiro atoms. The van der Waals surface area contributed by atoms with Gasteiger partial charge in [-0.15, -0.1) is 11.3 Å². The van der Waals surface area contributed by atoms with Gasteiger partial charge in [-0.2, -0.15) is 0 Å². The zero-order chi connectivity index (χ0) is 14.7. The molecule has 20 heavy (non-hydrogen) atoms. The number of carbonyl (C=O) groups is 1. The van der Waals surface area contributed by atoms with Crippen LogP contribution >= 0.6 is 11.3 Å². The predicted molar refractivity (Wildman–Crippen MR) is 75.9 cm³/mol. The Balaban J connectivity index is 2.09. The monoisotopic (exact) mass is 294 g/mol. The minimum absolute atomic E-state index is 0.134. The number of aryl methyl sites for hydroxylation is 2. The van der Waals surface area contributed by atoms with Crippen molar-refractivity contribution >= 4 is 17.3 Å². The zero-order valence-corrected chi connectivity index (χ0v) is 12.3. The number of halogens is 1. The van der Waals surface area contributed by atoms with Crippen molar-refractivity contribution in [1.82, 2.24) is 0 Å². The quantitative estimate of drug-likeness (QED) is 0.803. The Morgan fingerprint density at radius 3 is 2.70 bits per heavy atom. The minimum atomic E-state index is -0.400. The van der Waals surface area contributed by atoms with Gasteiger partial charge in [0.1, 0.15) is 23.1 Å². The Hall–Kier alpha value is -1.88. The van der Waals surface area contributed by atoms with Gasteiger partial charge in [-0.05, 0) is 31.0 Å². The van der Waals surface area contributed by atoms with E-state index in [1.54, 1.807) is 11.4 Å². The fourth-order valence-corrected chi connectivity index (χ4v) is 2.63. The van der Waals surface area contributed by atoms with Crippen LogP contribution in [0.25, 0.3) is 0 Å². The van der Waals surface area contributed by atoms with Gasteiger partial charge >= 0.3 is 5.97 Å². The zero-order valence-electron chi connectivity index (χ0n) is 11.5. The predicted octanol–water partition coefficient (Wildman–Crippen LogP) is 3.87. The lowest BCUT2D eigenvalue weighted by Gasteiger charge is -2.09. The van der Waals surface area contributed by atoms with Gasteiger partial charge in [-0.3, -0.25) is 0 Å². The maximum absolute atomic E-state index is 13.9. The Morgan fingerprint density at radius 2 is 2.05 bits per heavy atom. The summed E-state index contributed by atoms with van der Waals surface area (Å²) in [5.74, 6) is -0.136. The summed E-state index contributed by atoms with van der Waals surface area (Å²) in [5, 5.41) is 1.70. The van der Waals surface area contributed by atoms with Gasteiger partial charge in [-0.1, -0.05) is 6.07 Å². The van der Waals surface area contributed by atoms with Crippen LogP contribution in [-0.2, 0) is 11.3 Å². The molecule has 0 aliphatic carbocycles. The SMILES string of the molecule is COC(=O)c1cc(OCc2c(C)cc(C)cc2F)cs1. The molecular weight excluding hydrogens is 279 g/mol. The molecule has 0 fully saturated rings. The summed E-state index contributed by atoms with van der Waals surface area (Å²) in [6.45, 7) is 3.83. The summed E-state index contributed by atoms with van der Waals surface area (Å²) in [6.07, 6.45) is 0. The smallest absolute Gasteiger partial charge is 0.348 e. The number of esters is 1. The molecule has 0 atom stereocenters. The van der Waals surface area contributed by atoms with E-state index in [1.165, 1.54) is 24.5 Å². The van der Waals surface area contributed by atoms with E-state index in [2.05, 4.69) is 4.74 Å². The molecule has 3 nitrogen and oxygen atoms in total. The molecule has 106 valence electrons. The number of hydrogen-bond donors (Lipinski definition) is 0. The van der Waals surface area contributed by atoms with Gasteiger partial charge in [0, 0.05) is 17.0 Å². The molecule has 0 aliphatic heterocycles. The third-order valence-electron chi connectivity index (χ3n) is 2.91. The van der Waals surface area contributed by atoms with E-state index in [-0.39, 0.29) is 12.4 Å². The van der Waals surface area contributed by atoms with Crippen molar-refractivity contribution in [2.75, 3.05) is 7.11 Å². The van der Waals surface area contributed by atoms with Crippen molar-refractivity contribution in [3.8, 4) is 5.75 Å². The molecule has 0 bridgehead atoms. The summed E-state index contributed by atoms with van der Waals surface area (Å²) >= 11 is 1.23. The van der Waals surface area contributed by atoms with Crippen LogP contribution in [0.1, 0.15) is 26.4 Å². The molecule has 1 heterocycles. The first-order chi connectivity index (χ1) is 9.51. The largest absolute Gasteiger partial charge is 0.488 e. The lowest BCUT2D eigenvalue weighted by molar-refractivity contribution is 0.0606. The van der Waals surface area contributed by atoms with E-state index in [0.717, 1.165) is 11.1 Å². The Bertz CT molecular complexity index is 611. The van der Waals surface area contributed by atoms with Crippen LogP contribution < -0.4 is 4.74 Å². The number of carbonyl (C=O) groups excluding carboxylic acids is 1. The lowest BCUT2D eigenvalue weighted by Crippen LogP contribution is -2.02. The van der Waals surface area contributed by atoms with E-state index in [0.29, 0.717) is 16.2 Å². The Morgan fingerprint density at radius 1 is 1.30 bits per heavy atom. The number of ether oxygens (including phenoxy) is 2. The van der Waals surface area contributed by atoms with Crippen molar-refractivity contribution in [3.63, 3.8) is 0 Å². The molecule has 1 aromatic carbocycles. The van der Waals surface area contributed by atoms with Crippen molar-refractivity contribution in [2.45, 2.75) is 20.5 Å². The third kappa shape index (κ3) is 3.17. The second-order valence-corrected chi connectivity index (χ2v) is 5.38. The van der Waals surface area contributed by atoms with Crippen molar-refractivity contribution in [1.29, 1.82) is 0 Å². The normalized spacial score (nSPS) is 10.4. The molecule has 0 amide bonds. The molecule has 1 aromatic heterocycles. The highest BCUT2D eigenvalue weighted by atomic mass is 32.1. The van der Waals surface area contributed by atoms with Gasteiger partial charge in [0.2, 0.25) is 0 Å². The van der Waals surface area contributed by atoms with Gasteiger partial charge in [0.15, 0.2) is 0 Å². The standard InChI is InChI=1S/C15H15FO3S/c1-9-4-10(2)12(13(16)5-9)7-19-11-6-14(20-8-11)15(17)18-3/h4-6,8H,7H2,1-3H3. The molecule has 0 saturated heterocycles. The molecular formula is C15H15FO3S. The lowest BCUT2D eigenvalue weighted by atomic mass is 10.1. The van der Waals surface area contributed by atoms with Gasteiger partial charge in [-0.25, -0.2) is 9.18 Å². The van der Waals surface area contributed by atoms with Crippen molar-refractivity contribution < 1.29 is 18.7 Å². The van der Waals surface area contributed by atoms with E-state index in [4.69, 9.17) is 4.74 Å². The average Bonchev–Trinajstić information content (AvgIpc) is 2.85. The summed E-state index contributed by atoms with van der Waals surface area (Å²) in [6, 6.07) is 4.99. The first-order valence-corrected chi connectivity index (χ1v) is 6.94. The number of rotatable bonds is 4. The maximum Gasteiger partial charge on any atom is 0.348 e.